The SMILES string of the molecule is CC(C)CC(N)C(=O)Nc1ccc2sccc2c1. The van der Waals surface area contributed by atoms with Gasteiger partial charge in [0.2, 0.25) is 5.91 Å². The molecule has 0 saturated heterocycles. The normalized spacial score (nSPS) is 12.9. The highest BCUT2D eigenvalue weighted by Gasteiger charge is 2.15. The summed E-state index contributed by atoms with van der Waals surface area (Å²) in [6, 6.07) is 7.51. The third kappa shape index (κ3) is 3.09. The third-order valence-electron chi connectivity index (χ3n) is 2.78. The second kappa shape index (κ2) is 5.50. The standard InChI is InChI=1S/C14H18N2OS/c1-9(2)7-12(15)14(17)16-11-3-4-13-10(8-11)5-6-18-13/h3-6,8-9,12H,7,15H2,1-2H3,(H,16,17). The van der Waals surface area contributed by atoms with Crippen LogP contribution in [0.5, 0.6) is 0 Å². The zero-order valence-electron chi connectivity index (χ0n) is 10.6. The number of hydrogen-bond donors (Lipinski definition) is 2. The molecule has 1 aromatic carbocycles. The highest BCUT2D eigenvalue weighted by molar-refractivity contribution is 7.17. The monoisotopic (exact) mass is 262 g/mol. The average Bonchev–Trinajstić information content (AvgIpc) is 2.75. The van der Waals surface area contributed by atoms with E-state index in [1.54, 1.807) is 11.3 Å². The molecule has 4 heteroatoms. The zero-order chi connectivity index (χ0) is 13.1. The lowest BCUT2D eigenvalue weighted by molar-refractivity contribution is -0.117. The van der Waals surface area contributed by atoms with Gasteiger partial charge >= 0.3 is 0 Å². The van der Waals surface area contributed by atoms with Gasteiger partial charge in [0.15, 0.2) is 0 Å². The number of nitrogens with one attached hydrogen (secondary N) is 1. The van der Waals surface area contributed by atoms with E-state index in [9.17, 15) is 4.79 Å². The smallest absolute Gasteiger partial charge is 0.241 e. The maximum atomic E-state index is 11.9. The molecule has 0 fully saturated rings. The summed E-state index contributed by atoms with van der Waals surface area (Å²) < 4.78 is 1.22. The van der Waals surface area contributed by atoms with Crippen LogP contribution in [0.1, 0.15) is 20.3 Å². The number of anilines is 1. The van der Waals surface area contributed by atoms with Crippen molar-refractivity contribution >= 4 is 33.0 Å². The van der Waals surface area contributed by atoms with Crippen molar-refractivity contribution in [1.82, 2.24) is 0 Å². The van der Waals surface area contributed by atoms with Crippen molar-refractivity contribution < 1.29 is 4.79 Å². The highest BCUT2D eigenvalue weighted by atomic mass is 32.1. The molecular weight excluding hydrogens is 244 g/mol. The molecular formula is C14H18N2OS. The minimum atomic E-state index is -0.442. The van der Waals surface area contributed by atoms with Crippen molar-refractivity contribution in [3.63, 3.8) is 0 Å². The Bertz CT molecular complexity index is 547. The number of benzene rings is 1. The number of hydrogen-bond acceptors (Lipinski definition) is 3. The summed E-state index contributed by atoms with van der Waals surface area (Å²) >= 11 is 1.69. The Morgan fingerprint density at radius 3 is 2.89 bits per heavy atom. The molecule has 0 saturated carbocycles. The van der Waals surface area contributed by atoms with Gasteiger partial charge in [0.25, 0.3) is 0 Å². The largest absolute Gasteiger partial charge is 0.325 e. The highest BCUT2D eigenvalue weighted by Crippen LogP contribution is 2.24. The molecule has 0 aliphatic rings. The van der Waals surface area contributed by atoms with E-state index in [1.807, 2.05) is 29.6 Å². The number of nitrogens with two attached hydrogens (primary N) is 1. The van der Waals surface area contributed by atoms with Crippen LogP contribution >= 0.6 is 11.3 Å². The first-order valence-electron chi connectivity index (χ1n) is 6.10. The lowest BCUT2D eigenvalue weighted by Crippen LogP contribution is -2.36. The number of fused-ring (bicyclic) bond motifs is 1. The first-order valence-corrected chi connectivity index (χ1v) is 6.98. The molecule has 2 aromatic rings. The molecule has 1 atom stereocenters. The molecule has 96 valence electrons. The number of carbonyl (C=O) groups excluding carboxylic acids is 1. The second-order valence-electron chi connectivity index (χ2n) is 4.90. The van der Waals surface area contributed by atoms with Crippen molar-refractivity contribution in [2.24, 2.45) is 11.7 Å². The Morgan fingerprint density at radius 1 is 1.39 bits per heavy atom. The first-order chi connectivity index (χ1) is 8.56. The predicted molar refractivity (Wildman–Crippen MR) is 77.9 cm³/mol. The van der Waals surface area contributed by atoms with E-state index in [0.717, 1.165) is 11.1 Å². The van der Waals surface area contributed by atoms with Crippen molar-refractivity contribution in [1.29, 1.82) is 0 Å². The van der Waals surface area contributed by atoms with Crippen LogP contribution in [0.2, 0.25) is 0 Å². The van der Waals surface area contributed by atoms with Gasteiger partial charge in [-0.15, -0.1) is 11.3 Å². The maximum absolute atomic E-state index is 11.9. The van der Waals surface area contributed by atoms with Gasteiger partial charge in [-0.05, 0) is 47.4 Å². The van der Waals surface area contributed by atoms with Crippen LogP contribution in [0.4, 0.5) is 5.69 Å². The molecule has 3 nitrogen and oxygen atoms in total. The Kier molecular flexibility index (Phi) is 3.99. The molecule has 0 aliphatic heterocycles. The Balaban J connectivity index is 2.06. The minimum absolute atomic E-state index is 0.113. The van der Waals surface area contributed by atoms with E-state index < -0.39 is 6.04 Å². The van der Waals surface area contributed by atoms with Gasteiger partial charge in [-0.1, -0.05) is 13.8 Å². The van der Waals surface area contributed by atoms with Crippen LogP contribution in [0.15, 0.2) is 29.6 Å². The van der Waals surface area contributed by atoms with Crippen molar-refractivity contribution in [2.45, 2.75) is 26.3 Å². The van der Waals surface area contributed by atoms with Gasteiger partial charge in [-0.3, -0.25) is 4.79 Å². The van der Waals surface area contributed by atoms with Crippen molar-refractivity contribution in [3.8, 4) is 0 Å². The predicted octanol–water partition coefficient (Wildman–Crippen LogP) is 3.21. The summed E-state index contributed by atoms with van der Waals surface area (Å²) in [5.41, 5.74) is 6.66. The molecule has 3 N–H and O–H groups in total. The fourth-order valence-electron chi connectivity index (χ4n) is 1.89. The Morgan fingerprint density at radius 2 is 2.17 bits per heavy atom. The molecule has 0 radical (unpaired) electrons. The summed E-state index contributed by atoms with van der Waals surface area (Å²) in [5.74, 6) is 0.309. The van der Waals surface area contributed by atoms with E-state index in [0.29, 0.717) is 12.3 Å². The number of amides is 1. The van der Waals surface area contributed by atoms with Gasteiger partial charge in [0.1, 0.15) is 0 Å². The van der Waals surface area contributed by atoms with Crippen LogP contribution < -0.4 is 11.1 Å². The average molecular weight is 262 g/mol. The topological polar surface area (TPSA) is 55.1 Å². The molecule has 0 bridgehead atoms. The second-order valence-corrected chi connectivity index (χ2v) is 5.85. The zero-order valence-corrected chi connectivity index (χ0v) is 11.5. The quantitative estimate of drug-likeness (QED) is 0.889. The van der Waals surface area contributed by atoms with Crippen LogP contribution in [-0.4, -0.2) is 11.9 Å². The minimum Gasteiger partial charge on any atom is -0.325 e. The number of thiophene rings is 1. The number of rotatable bonds is 4. The molecule has 1 unspecified atom stereocenters. The van der Waals surface area contributed by atoms with E-state index in [2.05, 4.69) is 19.2 Å². The molecule has 18 heavy (non-hydrogen) atoms. The van der Waals surface area contributed by atoms with E-state index in [1.165, 1.54) is 4.70 Å². The van der Waals surface area contributed by atoms with Crippen LogP contribution in [0.3, 0.4) is 0 Å². The molecule has 1 aromatic heterocycles. The van der Waals surface area contributed by atoms with Gasteiger partial charge in [0, 0.05) is 10.4 Å². The molecule has 1 heterocycles. The van der Waals surface area contributed by atoms with Gasteiger partial charge in [-0.25, -0.2) is 0 Å². The van der Waals surface area contributed by atoms with Gasteiger partial charge in [-0.2, -0.15) is 0 Å². The number of carbonyl (C=O) groups is 1. The van der Waals surface area contributed by atoms with Gasteiger partial charge in [0.05, 0.1) is 6.04 Å². The van der Waals surface area contributed by atoms with Gasteiger partial charge < -0.3 is 11.1 Å². The third-order valence-corrected chi connectivity index (χ3v) is 3.68. The molecule has 0 spiro atoms. The summed E-state index contributed by atoms with van der Waals surface area (Å²) in [7, 11) is 0. The fourth-order valence-corrected chi connectivity index (χ4v) is 2.67. The maximum Gasteiger partial charge on any atom is 0.241 e. The fraction of sp³-hybridized carbons (Fsp3) is 0.357. The van der Waals surface area contributed by atoms with E-state index >= 15 is 0 Å². The molecule has 0 aliphatic carbocycles. The van der Waals surface area contributed by atoms with Crippen LogP contribution in [-0.2, 0) is 4.79 Å². The molecule has 2 rings (SSSR count). The molecule has 1 amide bonds. The summed E-state index contributed by atoms with van der Waals surface area (Å²) in [5, 5.41) is 6.06. The first kappa shape index (κ1) is 13.1. The van der Waals surface area contributed by atoms with E-state index in [4.69, 9.17) is 5.73 Å². The Hall–Kier alpha value is -1.39. The summed E-state index contributed by atoms with van der Waals surface area (Å²) in [4.78, 5) is 11.9. The van der Waals surface area contributed by atoms with E-state index in [-0.39, 0.29) is 5.91 Å². The Labute approximate surface area is 111 Å². The lowest BCUT2D eigenvalue weighted by atomic mass is 10.0. The van der Waals surface area contributed by atoms with Crippen LogP contribution in [0, 0.1) is 5.92 Å². The van der Waals surface area contributed by atoms with Crippen LogP contribution in [0.25, 0.3) is 10.1 Å². The summed E-state index contributed by atoms with van der Waals surface area (Å²) in [6.07, 6.45) is 0.701. The van der Waals surface area contributed by atoms with Crippen molar-refractivity contribution in [2.75, 3.05) is 5.32 Å². The lowest BCUT2D eigenvalue weighted by Gasteiger charge is -2.14. The summed E-state index contributed by atoms with van der Waals surface area (Å²) in [6.45, 7) is 4.12. The van der Waals surface area contributed by atoms with Crippen molar-refractivity contribution in [3.05, 3.63) is 29.6 Å².